The van der Waals surface area contributed by atoms with Gasteiger partial charge in [-0.25, -0.2) is 0 Å². The summed E-state index contributed by atoms with van der Waals surface area (Å²) in [5, 5.41) is 23.3. The number of aliphatic carboxylic acids is 1. The average molecular weight is 235 g/mol. The Morgan fingerprint density at radius 1 is 1.44 bits per heavy atom. The molecule has 0 aliphatic carbocycles. The Kier molecular flexibility index (Phi) is 8.41. The fraction of sp³-hybridized carbons (Fsp3) is 0.778. The van der Waals surface area contributed by atoms with E-state index in [0.29, 0.717) is 0 Å². The molecule has 0 spiro atoms. The van der Waals surface area contributed by atoms with Gasteiger partial charge in [0.2, 0.25) is 0 Å². The van der Waals surface area contributed by atoms with E-state index >= 15 is 0 Å². The second kappa shape index (κ2) is 7.89. The number of quaternary nitrogens is 1. The van der Waals surface area contributed by atoms with Gasteiger partial charge in [0, 0.05) is 7.05 Å². The average Bonchev–Trinajstić information content (AvgIpc) is 2.01. The number of aliphatic hydroxyl groups is 1. The maximum Gasteiger partial charge on any atom is 0.323 e. The van der Waals surface area contributed by atoms with Crippen LogP contribution in [-0.4, -0.2) is 79.4 Å². The van der Waals surface area contributed by atoms with Crippen molar-refractivity contribution >= 4 is 11.9 Å². The van der Waals surface area contributed by atoms with Crippen LogP contribution in [-0.2, 0) is 4.79 Å². The topological polar surface area (TPSA) is 111 Å². The minimum Gasteiger partial charge on any atom is -0.480 e. The highest BCUT2D eigenvalue weighted by Crippen LogP contribution is 1.84. The van der Waals surface area contributed by atoms with Crippen LogP contribution in [0.5, 0.6) is 0 Å². The smallest absolute Gasteiger partial charge is 0.323 e. The number of carboxylic acids is 1. The number of aliphatic hydroxyl groups excluding tert-OH is 1. The number of nitrogens with one attached hydrogen (secondary N) is 1. The summed E-state index contributed by atoms with van der Waals surface area (Å²) in [7, 11) is 7.60. The van der Waals surface area contributed by atoms with Gasteiger partial charge in [0.25, 0.3) is 0 Å². The van der Waals surface area contributed by atoms with Gasteiger partial charge in [-0.1, -0.05) is 0 Å². The van der Waals surface area contributed by atoms with Crippen molar-refractivity contribution in [3.63, 3.8) is 0 Å². The maximum absolute atomic E-state index is 9.92. The molecule has 96 valence electrons. The number of carboxylic acid groups (broad SMARTS) is 1. The number of nitrogens with zero attached hydrogens (tertiary/aromatic N) is 2. The Bertz CT molecular complexity index is 225. The van der Waals surface area contributed by atoms with E-state index in [4.69, 9.17) is 21.4 Å². The Balaban J connectivity index is 0. The summed E-state index contributed by atoms with van der Waals surface area (Å²) < 4.78 is 0.844. The third kappa shape index (κ3) is 15.1. The quantitative estimate of drug-likeness (QED) is 0.271. The molecule has 0 saturated heterocycles. The van der Waals surface area contributed by atoms with E-state index in [1.54, 1.807) is 0 Å². The predicted octanol–water partition coefficient (Wildman–Crippen LogP) is -1.42. The molecule has 7 heteroatoms. The van der Waals surface area contributed by atoms with Crippen LogP contribution < -0.4 is 5.73 Å². The second-order valence-electron chi connectivity index (χ2n) is 4.37. The van der Waals surface area contributed by atoms with E-state index in [-0.39, 0.29) is 19.1 Å². The Labute approximate surface area is 96.2 Å². The first-order chi connectivity index (χ1) is 7.10. The van der Waals surface area contributed by atoms with Gasteiger partial charge >= 0.3 is 5.97 Å². The van der Waals surface area contributed by atoms with Crippen molar-refractivity contribution in [1.29, 1.82) is 5.41 Å². The predicted molar refractivity (Wildman–Crippen MR) is 62.2 cm³/mol. The molecule has 0 aliphatic rings. The number of carbonyl (C=O) groups is 1. The fourth-order valence-electron chi connectivity index (χ4n) is 0.588. The molecule has 0 bridgehead atoms. The molecule has 0 rings (SSSR count). The summed E-state index contributed by atoms with van der Waals surface area (Å²) in [5.74, 6) is -1.23. The van der Waals surface area contributed by atoms with E-state index in [1.807, 2.05) is 0 Å². The molecule has 0 fully saturated rings. The van der Waals surface area contributed by atoms with Gasteiger partial charge in [0.1, 0.15) is 13.1 Å². The Hall–Kier alpha value is -1.34. The molecular formula is C9H23N4O3+. The van der Waals surface area contributed by atoms with Crippen molar-refractivity contribution in [3.8, 4) is 0 Å². The molecule has 0 aromatic rings. The van der Waals surface area contributed by atoms with Crippen LogP contribution in [0.2, 0.25) is 0 Å². The van der Waals surface area contributed by atoms with Gasteiger partial charge in [0.05, 0.1) is 27.7 Å². The molecule has 0 radical (unpaired) electrons. The number of nitrogens with two attached hydrogens (primary N) is 1. The molecule has 7 nitrogen and oxygen atoms in total. The van der Waals surface area contributed by atoms with E-state index in [1.165, 1.54) is 7.05 Å². The van der Waals surface area contributed by atoms with Crippen molar-refractivity contribution in [1.82, 2.24) is 4.90 Å². The minimum absolute atomic E-state index is 0.227. The number of hydrogen-bond acceptors (Lipinski definition) is 3. The standard InChI is InChI=1S/C5H14NO.C4H9N3O2/c1-6(2,3)4-5-7;1-7(4(5)6)2-3(8)9/h7H,4-5H2,1-3H3;2H2,1H3,(H3,5,6)(H,8,9)/q+1;. The lowest BCUT2D eigenvalue weighted by Gasteiger charge is -2.21. The van der Waals surface area contributed by atoms with Crippen molar-refractivity contribution in [2.75, 3.05) is 47.9 Å². The molecule has 0 aromatic carbocycles. The maximum atomic E-state index is 9.92. The summed E-state index contributed by atoms with van der Waals surface area (Å²) in [4.78, 5) is 11.0. The van der Waals surface area contributed by atoms with Crippen molar-refractivity contribution in [2.24, 2.45) is 5.73 Å². The van der Waals surface area contributed by atoms with Gasteiger partial charge in [-0.15, -0.1) is 0 Å². The first-order valence-corrected chi connectivity index (χ1v) is 4.78. The van der Waals surface area contributed by atoms with Crippen molar-refractivity contribution in [2.45, 2.75) is 0 Å². The normalized spacial score (nSPS) is 10.1. The van der Waals surface area contributed by atoms with Crippen molar-refractivity contribution < 1.29 is 19.5 Å². The van der Waals surface area contributed by atoms with E-state index in [0.717, 1.165) is 15.9 Å². The first kappa shape index (κ1) is 17.1. The highest BCUT2D eigenvalue weighted by atomic mass is 16.4. The summed E-state index contributed by atoms with van der Waals surface area (Å²) in [6.45, 7) is 0.888. The second-order valence-corrected chi connectivity index (χ2v) is 4.37. The summed E-state index contributed by atoms with van der Waals surface area (Å²) >= 11 is 0. The van der Waals surface area contributed by atoms with E-state index in [9.17, 15) is 4.79 Å². The van der Waals surface area contributed by atoms with Gasteiger partial charge in [0.15, 0.2) is 5.96 Å². The molecule has 0 saturated carbocycles. The molecule has 16 heavy (non-hydrogen) atoms. The molecule has 0 amide bonds. The van der Waals surface area contributed by atoms with Gasteiger partial charge in [-0.05, 0) is 0 Å². The molecule has 0 aromatic heterocycles. The van der Waals surface area contributed by atoms with Gasteiger partial charge in [-0.3, -0.25) is 10.2 Å². The summed E-state index contributed by atoms with van der Waals surface area (Å²) in [6.07, 6.45) is 0. The van der Waals surface area contributed by atoms with Gasteiger partial charge in [-0.2, -0.15) is 0 Å². The molecule has 0 aliphatic heterocycles. The van der Waals surface area contributed by atoms with Crippen LogP contribution in [0.3, 0.4) is 0 Å². The number of guanidine groups is 1. The Morgan fingerprint density at radius 3 is 1.94 bits per heavy atom. The largest absolute Gasteiger partial charge is 0.480 e. The SMILES string of the molecule is CN(CC(=O)O)C(=N)N.C[N+](C)(C)CCO. The number of likely N-dealkylation sites (N-methyl/N-ethyl adjacent to an activating group) is 2. The molecule has 5 N–H and O–H groups in total. The van der Waals surface area contributed by atoms with Crippen LogP contribution in [0, 0.1) is 5.41 Å². The van der Waals surface area contributed by atoms with Crippen LogP contribution in [0.1, 0.15) is 0 Å². The van der Waals surface area contributed by atoms with E-state index in [2.05, 4.69) is 21.1 Å². The lowest BCUT2D eigenvalue weighted by atomic mass is 10.5. The van der Waals surface area contributed by atoms with Crippen LogP contribution >= 0.6 is 0 Å². The monoisotopic (exact) mass is 235 g/mol. The zero-order valence-corrected chi connectivity index (χ0v) is 10.4. The van der Waals surface area contributed by atoms with Crippen LogP contribution in [0.15, 0.2) is 0 Å². The molecule has 0 unspecified atom stereocenters. The lowest BCUT2D eigenvalue weighted by molar-refractivity contribution is -0.870. The van der Waals surface area contributed by atoms with Crippen LogP contribution in [0.4, 0.5) is 0 Å². The fourth-order valence-corrected chi connectivity index (χ4v) is 0.588. The van der Waals surface area contributed by atoms with Crippen molar-refractivity contribution in [3.05, 3.63) is 0 Å². The number of rotatable bonds is 4. The highest BCUT2D eigenvalue weighted by molar-refractivity contribution is 5.79. The summed E-state index contributed by atoms with van der Waals surface area (Å²) in [5.41, 5.74) is 4.93. The van der Waals surface area contributed by atoms with Gasteiger partial charge < -0.3 is 25.3 Å². The molecule has 0 heterocycles. The lowest BCUT2D eigenvalue weighted by Crippen LogP contribution is -2.36. The molecular weight excluding hydrogens is 212 g/mol. The zero-order valence-electron chi connectivity index (χ0n) is 10.4. The summed E-state index contributed by atoms with van der Waals surface area (Å²) in [6, 6.07) is 0. The molecule has 0 atom stereocenters. The third-order valence-electron chi connectivity index (χ3n) is 1.55. The minimum atomic E-state index is -0.993. The third-order valence-corrected chi connectivity index (χ3v) is 1.55. The zero-order chi connectivity index (χ0) is 13.4. The van der Waals surface area contributed by atoms with Crippen LogP contribution in [0.25, 0.3) is 0 Å². The Morgan fingerprint density at radius 2 is 1.88 bits per heavy atom. The highest BCUT2D eigenvalue weighted by Gasteiger charge is 2.03. The van der Waals surface area contributed by atoms with E-state index < -0.39 is 5.97 Å². The first-order valence-electron chi connectivity index (χ1n) is 4.78. The number of hydrogen-bond donors (Lipinski definition) is 4.